The summed E-state index contributed by atoms with van der Waals surface area (Å²) in [6.45, 7) is 9.02. The monoisotopic (exact) mass is 139 g/mol. The van der Waals surface area contributed by atoms with E-state index in [1.807, 2.05) is 0 Å². The van der Waals surface area contributed by atoms with Crippen LogP contribution in [-0.4, -0.2) is 5.78 Å². The van der Waals surface area contributed by atoms with Gasteiger partial charge in [-0.3, -0.25) is 4.79 Å². The largest absolute Gasteiger partial charge is 0.295 e. The summed E-state index contributed by atoms with van der Waals surface area (Å²) in [6.07, 6.45) is 3.56. The van der Waals surface area contributed by atoms with Gasteiger partial charge in [-0.05, 0) is 18.9 Å². The van der Waals surface area contributed by atoms with Gasteiger partial charge in [0.15, 0.2) is 5.78 Å². The van der Waals surface area contributed by atoms with E-state index in [1.165, 1.54) is 0 Å². The van der Waals surface area contributed by atoms with Crippen LogP contribution in [-0.2, 0) is 4.79 Å². The maximum Gasteiger partial charge on any atom is 0.157 e. The molecule has 0 saturated carbocycles. The average molecular weight is 139 g/mol. The van der Waals surface area contributed by atoms with Crippen LogP contribution in [0, 0.1) is 6.92 Å². The normalized spacial score (nSPS) is 9.40. The molecule has 0 heterocycles. The van der Waals surface area contributed by atoms with Crippen LogP contribution < -0.4 is 0 Å². The number of carbonyl (C=O) groups excluding carboxylic acids is 1. The third-order valence-corrected chi connectivity index (χ3v) is 1.38. The van der Waals surface area contributed by atoms with Gasteiger partial charge < -0.3 is 0 Å². The predicted octanol–water partition coefficient (Wildman–Crippen LogP) is 2.53. The molecule has 0 aromatic carbocycles. The van der Waals surface area contributed by atoms with Crippen LogP contribution in [0.2, 0.25) is 0 Å². The highest BCUT2D eigenvalue weighted by Gasteiger charge is 1.99. The quantitative estimate of drug-likeness (QED) is 0.422. The van der Waals surface area contributed by atoms with E-state index in [1.54, 1.807) is 6.92 Å². The molecule has 0 rings (SSSR count). The van der Waals surface area contributed by atoms with Crippen molar-refractivity contribution in [3.63, 3.8) is 0 Å². The Labute approximate surface area is 63.1 Å². The van der Waals surface area contributed by atoms with Gasteiger partial charge in [-0.1, -0.05) is 26.3 Å². The molecular formula is C9H15O. The molecule has 0 bridgehead atoms. The lowest BCUT2D eigenvalue weighted by Crippen LogP contribution is -1.97. The molecule has 57 valence electrons. The fourth-order valence-corrected chi connectivity index (χ4v) is 0.676. The molecule has 0 unspecified atom stereocenters. The van der Waals surface area contributed by atoms with Gasteiger partial charge in [0.2, 0.25) is 0 Å². The maximum absolute atomic E-state index is 10.9. The minimum atomic E-state index is 0.188. The number of rotatable bonds is 5. The maximum atomic E-state index is 10.9. The summed E-state index contributed by atoms with van der Waals surface area (Å²) < 4.78 is 0. The molecule has 0 spiro atoms. The molecule has 0 atom stereocenters. The number of carbonyl (C=O) groups is 1. The van der Waals surface area contributed by atoms with Crippen LogP contribution in [0.15, 0.2) is 12.2 Å². The van der Waals surface area contributed by atoms with Crippen LogP contribution in [0.25, 0.3) is 0 Å². The Morgan fingerprint density at radius 2 is 2.00 bits per heavy atom. The summed E-state index contributed by atoms with van der Waals surface area (Å²) in [4.78, 5) is 10.9. The number of ketones is 1. The molecule has 0 amide bonds. The van der Waals surface area contributed by atoms with Crippen molar-refractivity contribution in [3.05, 3.63) is 19.1 Å². The van der Waals surface area contributed by atoms with Crippen molar-refractivity contribution >= 4 is 5.78 Å². The average Bonchev–Trinajstić information content (AvgIpc) is 1.88. The molecule has 0 saturated heterocycles. The second-order valence-corrected chi connectivity index (χ2v) is 2.51. The first-order chi connectivity index (χ1) is 4.68. The molecule has 0 N–H and O–H groups in total. The zero-order valence-electron chi connectivity index (χ0n) is 6.65. The summed E-state index contributed by atoms with van der Waals surface area (Å²) in [5.41, 5.74) is 0.670. The Kier molecular flexibility index (Phi) is 4.91. The first-order valence-corrected chi connectivity index (χ1v) is 3.66. The molecule has 1 radical (unpaired) electrons. The summed E-state index contributed by atoms with van der Waals surface area (Å²) in [5.74, 6) is 0.188. The lowest BCUT2D eigenvalue weighted by molar-refractivity contribution is -0.115. The lowest BCUT2D eigenvalue weighted by Gasteiger charge is -1.96. The van der Waals surface area contributed by atoms with E-state index in [-0.39, 0.29) is 5.78 Å². The van der Waals surface area contributed by atoms with Crippen molar-refractivity contribution in [2.45, 2.75) is 32.6 Å². The molecule has 1 heteroatoms. The molecular weight excluding hydrogens is 124 g/mol. The van der Waals surface area contributed by atoms with E-state index in [0.29, 0.717) is 12.0 Å². The topological polar surface area (TPSA) is 17.1 Å². The highest BCUT2D eigenvalue weighted by atomic mass is 16.1. The Morgan fingerprint density at radius 1 is 1.40 bits per heavy atom. The second kappa shape index (κ2) is 5.21. The molecule has 0 aromatic heterocycles. The standard InChI is InChI=1S/C9H15O/c1-4-5-6-7-9(10)8(2)3/h1-2,4-7H2,3H3. The Hall–Kier alpha value is -0.590. The Balaban J connectivity index is 3.31. The van der Waals surface area contributed by atoms with Gasteiger partial charge in [0, 0.05) is 6.42 Å². The molecule has 1 nitrogen and oxygen atoms in total. The van der Waals surface area contributed by atoms with Crippen LogP contribution in [0.5, 0.6) is 0 Å². The molecule has 0 aliphatic rings. The van der Waals surface area contributed by atoms with Crippen molar-refractivity contribution in [3.8, 4) is 0 Å². The Morgan fingerprint density at radius 3 is 2.40 bits per heavy atom. The lowest BCUT2D eigenvalue weighted by atomic mass is 10.1. The minimum Gasteiger partial charge on any atom is -0.295 e. The summed E-state index contributed by atoms with van der Waals surface area (Å²) in [5, 5.41) is 0. The van der Waals surface area contributed by atoms with Crippen LogP contribution in [0.1, 0.15) is 32.6 Å². The molecule has 0 aliphatic carbocycles. The van der Waals surface area contributed by atoms with Crippen molar-refractivity contribution in [2.24, 2.45) is 0 Å². The number of hydrogen-bond acceptors (Lipinski definition) is 1. The van der Waals surface area contributed by atoms with Gasteiger partial charge in [-0.25, -0.2) is 0 Å². The van der Waals surface area contributed by atoms with Gasteiger partial charge in [0.25, 0.3) is 0 Å². The van der Waals surface area contributed by atoms with Gasteiger partial charge in [0.1, 0.15) is 0 Å². The molecule has 0 aliphatic heterocycles. The summed E-state index contributed by atoms with van der Waals surface area (Å²) >= 11 is 0. The predicted molar refractivity (Wildman–Crippen MR) is 43.6 cm³/mol. The van der Waals surface area contributed by atoms with Crippen molar-refractivity contribution in [1.29, 1.82) is 0 Å². The third-order valence-electron chi connectivity index (χ3n) is 1.38. The van der Waals surface area contributed by atoms with Crippen molar-refractivity contribution < 1.29 is 4.79 Å². The van der Waals surface area contributed by atoms with E-state index >= 15 is 0 Å². The third kappa shape index (κ3) is 4.30. The number of unbranched alkanes of at least 4 members (excludes halogenated alkanes) is 2. The Bertz CT molecular complexity index is 125. The van der Waals surface area contributed by atoms with Gasteiger partial charge in [-0.2, -0.15) is 0 Å². The van der Waals surface area contributed by atoms with Gasteiger partial charge >= 0.3 is 0 Å². The van der Waals surface area contributed by atoms with Crippen LogP contribution in [0.3, 0.4) is 0 Å². The van der Waals surface area contributed by atoms with E-state index in [2.05, 4.69) is 13.5 Å². The van der Waals surface area contributed by atoms with Gasteiger partial charge in [-0.15, -0.1) is 0 Å². The first kappa shape index (κ1) is 9.41. The van der Waals surface area contributed by atoms with E-state index < -0.39 is 0 Å². The smallest absolute Gasteiger partial charge is 0.157 e. The highest BCUT2D eigenvalue weighted by Crippen LogP contribution is 2.03. The van der Waals surface area contributed by atoms with Crippen LogP contribution in [0.4, 0.5) is 0 Å². The SMILES string of the molecule is [CH2]CCCCC(=O)C(=C)C. The second-order valence-electron chi connectivity index (χ2n) is 2.51. The minimum absolute atomic E-state index is 0.188. The van der Waals surface area contributed by atoms with E-state index in [4.69, 9.17) is 0 Å². The van der Waals surface area contributed by atoms with Gasteiger partial charge in [0.05, 0.1) is 0 Å². The molecule has 10 heavy (non-hydrogen) atoms. The summed E-state index contributed by atoms with van der Waals surface area (Å²) in [6, 6.07) is 0. The fraction of sp³-hybridized carbons (Fsp3) is 0.556. The van der Waals surface area contributed by atoms with E-state index in [0.717, 1.165) is 19.3 Å². The molecule has 0 fully saturated rings. The first-order valence-electron chi connectivity index (χ1n) is 3.66. The summed E-state index contributed by atoms with van der Waals surface area (Å²) in [7, 11) is 0. The van der Waals surface area contributed by atoms with Crippen LogP contribution >= 0.6 is 0 Å². The van der Waals surface area contributed by atoms with Crippen molar-refractivity contribution in [1.82, 2.24) is 0 Å². The highest BCUT2D eigenvalue weighted by molar-refractivity contribution is 5.93. The molecule has 0 aromatic rings. The number of allylic oxidation sites excluding steroid dienone is 1. The van der Waals surface area contributed by atoms with E-state index in [9.17, 15) is 4.79 Å². The zero-order valence-corrected chi connectivity index (χ0v) is 6.65. The number of Topliss-reactive ketones (excluding diaryl/α,β-unsaturated/α-hetero) is 1. The number of hydrogen-bond donors (Lipinski definition) is 0. The van der Waals surface area contributed by atoms with Crippen molar-refractivity contribution in [2.75, 3.05) is 0 Å². The fourth-order valence-electron chi connectivity index (χ4n) is 0.676. The zero-order chi connectivity index (χ0) is 7.98.